The van der Waals surface area contributed by atoms with Gasteiger partial charge in [-0.05, 0) is 25.5 Å². The molecule has 0 saturated carbocycles. The lowest BCUT2D eigenvalue weighted by Crippen LogP contribution is -2.04. The van der Waals surface area contributed by atoms with Crippen molar-refractivity contribution in [1.82, 2.24) is 9.97 Å². The molecule has 0 unspecified atom stereocenters. The van der Waals surface area contributed by atoms with Gasteiger partial charge < -0.3 is 10.1 Å². The number of nitrogens with zero attached hydrogens (tertiary/aromatic N) is 2. The number of ether oxygens (including phenoxy) is 1. The second kappa shape index (κ2) is 6.18. The first kappa shape index (κ1) is 13.3. The number of anilines is 1. The van der Waals surface area contributed by atoms with E-state index in [1.807, 2.05) is 37.3 Å². The minimum atomic E-state index is 0.752. The zero-order valence-corrected chi connectivity index (χ0v) is 11.6. The van der Waals surface area contributed by atoms with E-state index in [4.69, 9.17) is 4.74 Å². The van der Waals surface area contributed by atoms with Gasteiger partial charge >= 0.3 is 0 Å². The lowest BCUT2D eigenvalue weighted by molar-refractivity contribution is 0.416. The topological polar surface area (TPSA) is 47.0 Å². The number of benzene rings is 1. The summed E-state index contributed by atoms with van der Waals surface area (Å²) in [6.07, 6.45) is 1.06. The molecule has 4 nitrogen and oxygen atoms in total. The third kappa shape index (κ3) is 3.22. The zero-order valence-electron chi connectivity index (χ0n) is 11.6. The summed E-state index contributed by atoms with van der Waals surface area (Å²) in [6, 6.07) is 9.83. The molecule has 0 spiro atoms. The van der Waals surface area contributed by atoms with Gasteiger partial charge in [-0.3, -0.25) is 0 Å². The predicted molar refractivity (Wildman–Crippen MR) is 77.5 cm³/mol. The smallest absolute Gasteiger partial charge is 0.130 e. The lowest BCUT2D eigenvalue weighted by Gasteiger charge is -2.10. The first-order chi connectivity index (χ1) is 9.24. The van der Waals surface area contributed by atoms with Crippen molar-refractivity contribution in [2.75, 3.05) is 19.0 Å². The molecule has 0 atom stereocenters. The standard InChI is InChI=1S/C15H19N3O/c1-4-9-16-15-10-13(17-11(2)18-15)12-7-5-6-8-14(12)19-3/h5-8,10H,4,9H2,1-3H3,(H,16,17,18). The number of hydrogen-bond donors (Lipinski definition) is 1. The van der Waals surface area contributed by atoms with E-state index in [2.05, 4.69) is 22.2 Å². The van der Waals surface area contributed by atoms with E-state index in [-0.39, 0.29) is 0 Å². The highest BCUT2D eigenvalue weighted by molar-refractivity contribution is 5.69. The number of aromatic nitrogens is 2. The molecule has 0 aliphatic carbocycles. The first-order valence-electron chi connectivity index (χ1n) is 6.47. The Morgan fingerprint density at radius 1 is 1.21 bits per heavy atom. The number of hydrogen-bond acceptors (Lipinski definition) is 4. The highest BCUT2D eigenvalue weighted by Crippen LogP contribution is 2.29. The molecule has 2 rings (SSSR count). The maximum atomic E-state index is 5.38. The van der Waals surface area contributed by atoms with Crippen molar-refractivity contribution in [2.24, 2.45) is 0 Å². The van der Waals surface area contributed by atoms with E-state index < -0.39 is 0 Å². The molecule has 0 aliphatic rings. The van der Waals surface area contributed by atoms with Crippen LogP contribution in [0.15, 0.2) is 30.3 Å². The Balaban J connectivity index is 2.41. The minimum Gasteiger partial charge on any atom is -0.496 e. The van der Waals surface area contributed by atoms with Crippen LogP contribution in [0.3, 0.4) is 0 Å². The van der Waals surface area contributed by atoms with Crippen molar-refractivity contribution in [1.29, 1.82) is 0 Å². The van der Waals surface area contributed by atoms with Crippen molar-refractivity contribution in [3.8, 4) is 17.0 Å². The van der Waals surface area contributed by atoms with E-state index in [0.29, 0.717) is 0 Å². The van der Waals surface area contributed by atoms with E-state index in [1.165, 1.54) is 0 Å². The predicted octanol–water partition coefficient (Wildman–Crippen LogP) is 3.28. The van der Waals surface area contributed by atoms with E-state index >= 15 is 0 Å². The Kier molecular flexibility index (Phi) is 4.34. The van der Waals surface area contributed by atoms with Gasteiger partial charge in [-0.1, -0.05) is 19.1 Å². The summed E-state index contributed by atoms with van der Waals surface area (Å²) in [4.78, 5) is 8.88. The summed E-state index contributed by atoms with van der Waals surface area (Å²) in [7, 11) is 1.67. The van der Waals surface area contributed by atoms with Gasteiger partial charge in [0.15, 0.2) is 0 Å². The van der Waals surface area contributed by atoms with E-state index in [0.717, 1.165) is 41.6 Å². The fourth-order valence-corrected chi connectivity index (χ4v) is 1.91. The molecule has 0 bridgehead atoms. The molecule has 0 amide bonds. The molecule has 0 radical (unpaired) electrons. The average molecular weight is 257 g/mol. The molecule has 4 heteroatoms. The number of methoxy groups -OCH3 is 1. The molecule has 0 saturated heterocycles. The Hall–Kier alpha value is -2.10. The third-order valence-electron chi connectivity index (χ3n) is 2.78. The second-order valence-corrected chi connectivity index (χ2v) is 4.31. The number of nitrogens with one attached hydrogen (secondary N) is 1. The molecule has 100 valence electrons. The van der Waals surface area contributed by atoms with Gasteiger partial charge in [0.25, 0.3) is 0 Å². The maximum absolute atomic E-state index is 5.38. The third-order valence-corrected chi connectivity index (χ3v) is 2.78. The number of para-hydroxylation sites is 1. The Morgan fingerprint density at radius 2 is 2.00 bits per heavy atom. The monoisotopic (exact) mass is 257 g/mol. The largest absolute Gasteiger partial charge is 0.496 e. The van der Waals surface area contributed by atoms with Gasteiger partial charge in [-0.2, -0.15) is 0 Å². The average Bonchev–Trinajstić information content (AvgIpc) is 2.44. The summed E-state index contributed by atoms with van der Waals surface area (Å²) in [6.45, 7) is 4.93. The Morgan fingerprint density at radius 3 is 2.74 bits per heavy atom. The van der Waals surface area contributed by atoms with Gasteiger partial charge in [0.2, 0.25) is 0 Å². The van der Waals surface area contributed by atoms with Crippen molar-refractivity contribution in [3.05, 3.63) is 36.2 Å². The molecule has 0 fully saturated rings. The van der Waals surface area contributed by atoms with Crippen molar-refractivity contribution in [3.63, 3.8) is 0 Å². The number of aryl methyl sites for hydroxylation is 1. The summed E-state index contributed by atoms with van der Waals surface area (Å²) in [5.41, 5.74) is 1.86. The molecule has 1 aromatic carbocycles. The second-order valence-electron chi connectivity index (χ2n) is 4.31. The van der Waals surface area contributed by atoms with Crippen molar-refractivity contribution in [2.45, 2.75) is 20.3 Å². The van der Waals surface area contributed by atoms with Crippen LogP contribution in [0.2, 0.25) is 0 Å². The molecule has 2 aromatic rings. The summed E-state index contributed by atoms with van der Waals surface area (Å²) < 4.78 is 5.38. The summed E-state index contributed by atoms with van der Waals surface area (Å²) >= 11 is 0. The minimum absolute atomic E-state index is 0.752. The zero-order chi connectivity index (χ0) is 13.7. The molecule has 1 N–H and O–H groups in total. The summed E-state index contributed by atoms with van der Waals surface area (Å²) in [5, 5.41) is 3.29. The maximum Gasteiger partial charge on any atom is 0.130 e. The fourth-order valence-electron chi connectivity index (χ4n) is 1.91. The van der Waals surface area contributed by atoms with Crippen LogP contribution >= 0.6 is 0 Å². The lowest BCUT2D eigenvalue weighted by atomic mass is 10.1. The highest BCUT2D eigenvalue weighted by atomic mass is 16.5. The van der Waals surface area contributed by atoms with E-state index in [1.54, 1.807) is 7.11 Å². The Bertz CT molecular complexity index is 555. The fraction of sp³-hybridized carbons (Fsp3) is 0.333. The highest BCUT2D eigenvalue weighted by Gasteiger charge is 2.08. The van der Waals surface area contributed by atoms with Crippen molar-refractivity contribution >= 4 is 5.82 Å². The van der Waals surface area contributed by atoms with Gasteiger partial charge in [-0.15, -0.1) is 0 Å². The van der Waals surface area contributed by atoms with Gasteiger partial charge in [0.05, 0.1) is 12.8 Å². The molecule has 1 aromatic heterocycles. The SMILES string of the molecule is CCCNc1cc(-c2ccccc2OC)nc(C)n1. The molecule has 19 heavy (non-hydrogen) atoms. The molecule has 1 heterocycles. The van der Waals surface area contributed by atoms with Crippen LogP contribution in [0.5, 0.6) is 5.75 Å². The summed E-state index contributed by atoms with van der Waals surface area (Å²) in [5.74, 6) is 2.43. The quantitative estimate of drug-likeness (QED) is 0.893. The van der Waals surface area contributed by atoms with Crippen LogP contribution in [0, 0.1) is 6.92 Å². The van der Waals surface area contributed by atoms with Crippen LogP contribution in [0.4, 0.5) is 5.82 Å². The van der Waals surface area contributed by atoms with E-state index in [9.17, 15) is 0 Å². The van der Waals surface area contributed by atoms with Crippen LogP contribution in [-0.4, -0.2) is 23.6 Å². The van der Waals surface area contributed by atoms with Crippen LogP contribution in [0.25, 0.3) is 11.3 Å². The molecule has 0 aliphatic heterocycles. The molecular weight excluding hydrogens is 238 g/mol. The van der Waals surface area contributed by atoms with Crippen LogP contribution in [0.1, 0.15) is 19.2 Å². The van der Waals surface area contributed by atoms with Crippen molar-refractivity contribution < 1.29 is 4.74 Å². The van der Waals surface area contributed by atoms with Gasteiger partial charge in [0, 0.05) is 18.2 Å². The molecular formula is C15H19N3O. The first-order valence-corrected chi connectivity index (χ1v) is 6.47. The van der Waals surface area contributed by atoms with Crippen LogP contribution < -0.4 is 10.1 Å². The Labute approximate surface area is 113 Å². The number of rotatable bonds is 5. The van der Waals surface area contributed by atoms with Crippen LogP contribution in [-0.2, 0) is 0 Å². The van der Waals surface area contributed by atoms with Gasteiger partial charge in [0.1, 0.15) is 17.4 Å². The normalized spacial score (nSPS) is 10.3. The van der Waals surface area contributed by atoms with Gasteiger partial charge in [-0.25, -0.2) is 9.97 Å².